The summed E-state index contributed by atoms with van der Waals surface area (Å²) in [6.45, 7) is 4.16. The second kappa shape index (κ2) is 10.1. The average Bonchev–Trinajstić information content (AvgIpc) is 3.17. The van der Waals surface area contributed by atoms with E-state index in [0.29, 0.717) is 47.8 Å². The van der Waals surface area contributed by atoms with Crippen molar-refractivity contribution in [1.82, 2.24) is 15.3 Å². The molecule has 4 aromatic rings. The minimum absolute atomic E-state index is 0.333. The Morgan fingerprint density at radius 1 is 0.935 bits per heavy atom. The highest BCUT2D eigenvalue weighted by Gasteiger charge is 2.09. The summed E-state index contributed by atoms with van der Waals surface area (Å²) in [6, 6.07) is 19.3. The minimum Gasteiger partial charge on any atom is -0.490 e. The standard InChI is InChI=1S/C24H23Cl2N3O2/c1-2-30-23-11-16(13-27-14-24-28-20-5-3-4-6-21(20)29-24)7-10-22(23)31-15-17-8-9-18(25)12-19(17)26/h3-12,27H,2,13-15H2,1H3,(H,28,29). The first kappa shape index (κ1) is 21.5. The van der Waals surface area contributed by atoms with Crippen LogP contribution in [0, 0.1) is 0 Å². The van der Waals surface area contributed by atoms with Gasteiger partial charge < -0.3 is 19.8 Å². The van der Waals surface area contributed by atoms with E-state index in [9.17, 15) is 0 Å². The molecule has 0 saturated carbocycles. The Morgan fingerprint density at radius 2 is 1.81 bits per heavy atom. The van der Waals surface area contributed by atoms with Crippen molar-refractivity contribution in [2.75, 3.05) is 6.61 Å². The lowest BCUT2D eigenvalue weighted by molar-refractivity contribution is 0.269. The van der Waals surface area contributed by atoms with E-state index in [0.717, 1.165) is 28.0 Å². The highest BCUT2D eigenvalue weighted by Crippen LogP contribution is 2.30. The van der Waals surface area contributed by atoms with E-state index < -0.39 is 0 Å². The maximum Gasteiger partial charge on any atom is 0.161 e. The predicted molar refractivity (Wildman–Crippen MR) is 125 cm³/mol. The number of aromatic nitrogens is 2. The van der Waals surface area contributed by atoms with Gasteiger partial charge in [-0.25, -0.2) is 4.98 Å². The molecular weight excluding hydrogens is 433 g/mol. The number of H-pyrrole nitrogens is 1. The molecule has 0 fully saturated rings. The average molecular weight is 456 g/mol. The van der Waals surface area contributed by atoms with Crippen LogP contribution >= 0.6 is 23.2 Å². The predicted octanol–water partition coefficient (Wildman–Crippen LogP) is 6.14. The first-order valence-electron chi connectivity index (χ1n) is 10.1. The third-order valence-electron chi connectivity index (χ3n) is 4.77. The Hall–Kier alpha value is -2.73. The lowest BCUT2D eigenvalue weighted by atomic mass is 10.2. The normalized spacial score (nSPS) is 11.1. The highest BCUT2D eigenvalue weighted by molar-refractivity contribution is 6.35. The number of aromatic amines is 1. The number of hydrogen-bond donors (Lipinski definition) is 2. The van der Waals surface area contributed by atoms with Crippen LogP contribution in [0.4, 0.5) is 0 Å². The SMILES string of the molecule is CCOc1cc(CNCc2nc3ccccc3[nH]2)ccc1OCc1ccc(Cl)cc1Cl. The summed E-state index contributed by atoms with van der Waals surface area (Å²) in [6.07, 6.45) is 0. The molecule has 0 atom stereocenters. The topological polar surface area (TPSA) is 59.2 Å². The quantitative estimate of drug-likeness (QED) is 0.318. The Morgan fingerprint density at radius 3 is 2.61 bits per heavy atom. The molecule has 0 bridgehead atoms. The van der Waals surface area contributed by atoms with E-state index >= 15 is 0 Å². The summed E-state index contributed by atoms with van der Waals surface area (Å²) < 4.78 is 11.8. The van der Waals surface area contributed by atoms with Crippen molar-refractivity contribution in [2.45, 2.75) is 26.6 Å². The number of nitrogens with zero attached hydrogens (tertiary/aromatic N) is 1. The fourth-order valence-corrected chi connectivity index (χ4v) is 3.72. The van der Waals surface area contributed by atoms with Crippen LogP contribution in [0.15, 0.2) is 60.7 Å². The molecule has 0 amide bonds. The van der Waals surface area contributed by atoms with Crippen molar-refractivity contribution < 1.29 is 9.47 Å². The number of imidazole rings is 1. The van der Waals surface area contributed by atoms with E-state index in [1.807, 2.05) is 55.5 Å². The second-order valence-electron chi connectivity index (χ2n) is 7.04. The smallest absolute Gasteiger partial charge is 0.161 e. The lowest BCUT2D eigenvalue weighted by Gasteiger charge is -2.14. The number of fused-ring (bicyclic) bond motifs is 1. The van der Waals surface area contributed by atoms with Crippen LogP contribution < -0.4 is 14.8 Å². The van der Waals surface area contributed by atoms with Crippen molar-refractivity contribution in [1.29, 1.82) is 0 Å². The zero-order valence-electron chi connectivity index (χ0n) is 17.1. The van der Waals surface area contributed by atoms with Crippen LogP contribution in [0.3, 0.4) is 0 Å². The molecule has 7 heteroatoms. The molecule has 3 aromatic carbocycles. The van der Waals surface area contributed by atoms with Crippen molar-refractivity contribution in [2.24, 2.45) is 0 Å². The summed E-state index contributed by atoms with van der Waals surface area (Å²) in [5.41, 5.74) is 3.97. The van der Waals surface area contributed by atoms with Gasteiger partial charge in [-0.15, -0.1) is 0 Å². The number of halogens is 2. The second-order valence-corrected chi connectivity index (χ2v) is 7.89. The van der Waals surface area contributed by atoms with Gasteiger partial charge in [-0.1, -0.05) is 47.5 Å². The molecule has 0 aliphatic rings. The molecule has 0 radical (unpaired) electrons. The molecule has 0 saturated heterocycles. The lowest BCUT2D eigenvalue weighted by Crippen LogP contribution is -2.14. The Kier molecular flexibility index (Phi) is 6.97. The van der Waals surface area contributed by atoms with E-state index in [-0.39, 0.29) is 0 Å². The monoisotopic (exact) mass is 455 g/mol. The van der Waals surface area contributed by atoms with Gasteiger partial charge >= 0.3 is 0 Å². The molecule has 0 spiro atoms. The summed E-state index contributed by atoms with van der Waals surface area (Å²) >= 11 is 12.2. The van der Waals surface area contributed by atoms with Crippen LogP contribution in [0.5, 0.6) is 11.5 Å². The van der Waals surface area contributed by atoms with Gasteiger partial charge in [-0.05, 0) is 48.9 Å². The summed E-state index contributed by atoms with van der Waals surface area (Å²) in [7, 11) is 0. The molecule has 4 rings (SSSR count). The first-order chi connectivity index (χ1) is 15.1. The largest absolute Gasteiger partial charge is 0.490 e. The maximum absolute atomic E-state index is 6.24. The van der Waals surface area contributed by atoms with Gasteiger partial charge in [0, 0.05) is 22.2 Å². The van der Waals surface area contributed by atoms with Crippen LogP contribution in [0.1, 0.15) is 23.9 Å². The molecule has 31 heavy (non-hydrogen) atoms. The number of nitrogens with one attached hydrogen (secondary N) is 2. The fraction of sp³-hybridized carbons (Fsp3) is 0.208. The van der Waals surface area contributed by atoms with Gasteiger partial charge in [0.25, 0.3) is 0 Å². The maximum atomic E-state index is 6.24. The van der Waals surface area contributed by atoms with Crippen LogP contribution in [-0.2, 0) is 19.7 Å². The van der Waals surface area contributed by atoms with Gasteiger partial charge in [0.2, 0.25) is 0 Å². The summed E-state index contributed by atoms with van der Waals surface area (Å²) in [5.74, 6) is 2.29. The summed E-state index contributed by atoms with van der Waals surface area (Å²) in [5, 5.41) is 4.60. The van der Waals surface area contributed by atoms with Crippen LogP contribution in [-0.4, -0.2) is 16.6 Å². The van der Waals surface area contributed by atoms with Gasteiger partial charge in [-0.3, -0.25) is 0 Å². The Balaban J connectivity index is 1.38. The van der Waals surface area contributed by atoms with Crippen molar-refractivity contribution in [3.8, 4) is 11.5 Å². The van der Waals surface area contributed by atoms with E-state index in [2.05, 4.69) is 15.3 Å². The molecule has 2 N–H and O–H groups in total. The van der Waals surface area contributed by atoms with Crippen molar-refractivity contribution >= 4 is 34.2 Å². The first-order valence-corrected chi connectivity index (χ1v) is 10.8. The number of hydrogen-bond acceptors (Lipinski definition) is 4. The molecule has 0 aliphatic carbocycles. The Labute approximate surface area is 191 Å². The zero-order chi connectivity index (χ0) is 21.6. The fourth-order valence-electron chi connectivity index (χ4n) is 3.26. The van der Waals surface area contributed by atoms with Gasteiger partial charge in [0.1, 0.15) is 12.4 Å². The summed E-state index contributed by atoms with van der Waals surface area (Å²) in [4.78, 5) is 7.91. The molecule has 1 aromatic heterocycles. The Bertz CT molecular complexity index is 1140. The molecule has 1 heterocycles. The van der Waals surface area contributed by atoms with Crippen molar-refractivity contribution in [3.05, 3.63) is 87.7 Å². The number of para-hydroxylation sites is 2. The van der Waals surface area contributed by atoms with Gasteiger partial charge in [0.15, 0.2) is 11.5 Å². The number of rotatable bonds is 9. The zero-order valence-corrected chi connectivity index (χ0v) is 18.6. The van der Waals surface area contributed by atoms with Crippen LogP contribution in [0.2, 0.25) is 10.0 Å². The third-order valence-corrected chi connectivity index (χ3v) is 5.35. The van der Waals surface area contributed by atoms with Crippen molar-refractivity contribution in [3.63, 3.8) is 0 Å². The molecule has 5 nitrogen and oxygen atoms in total. The van der Waals surface area contributed by atoms with E-state index in [4.69, 9.17) is 32.7 Å². The van der Waals surface area contributed by atoms with E-state index in [1.54, 1.807) is 12.1 Å². The van der Waals surface area contributed by atoms with Gasteiger partial charge in [-0.2, -0.15) is 0 Å². The molecule has 0 aliphatic heterocycles. The number of ether oxygens (including phenoxy) is 2. The third kappa shape index (κ3) is 5.50. The number of benzene rings is 3. The van der Waals surface area contributed by atoms with Gasteiger partial charge in [0.05, 0.1) is 24.2 Å². The molecular formula is C24H23Cl2N3O2. The molecule has 0 unspecified atom stereocenters. The van der Waals surface area contributed by atoms with E-state index in [1.165, 1.54) is 0 Å². The van der Waals surface area contributed by atoms with Crippen LogP contribution in [0.25, 0.3) is 11.0 Å². The highest BCUT2D eigenvalue weighted by atomic mass is 35.5. The molecule has 160 valence electrons. The minimum atomic E-state index is 0.333.